The van der Waals surface area contributed by atoms with E-state index in [0.717, 1.165) is 11.1 Å². The summed E-state index contributed by atoms with van der Waals surface area (Å²) in [5, 5.41) is 16.1. The Morgan fingerprint density at radius 1 is 1.12 bits per heavy atom. The van der Waals surface area contributed by atoms with E-state index in [2.05, 4.69) is 25.8 Å². The van der Waals surface area contributed by atoms with Crippen LogP contribution in [0.3, 0.4) is 0 Å². The number of hydrogen-bond donors (Lipinski definition) is 2. The van der Waals surface area contributed by atoms with E-state index in [4.69, 9.17) is 0 Å². The van der Waals surface area contributed by atoms with Crippen molar-refractivity contribution in [3.8, 4) is 0 Å². The van der Waals surface area contributed by atoms with E-state index in [1.54, 1.807) is 17.6 Å². The first kappa shape index (κ1) is 18.5. The van der Waals surface area contributed by atoms with Crippen molar-refractivity contribution < 1.29 is 9.59 Å². The Balaban J connectivity index is 1.53. The van der Waals surface area contributed by atoms with E-state index < -0.39 is 0 Å². The van der Waals surface area contributed by atoms with Crippen LogP contribution in [-0.4, -0.2) is 32.7 Å². The normalized spacial score (nSPS) is 10.5. The largest absolute Gasteiger partial charge is 0.301 e. The molecule has 7 nitrogen and oxygen atoms in total. The zero-order valence-corrected chi connectivity index (χ0v) is 16.4. The third kappa shape index (κ3) is 4.87. The second kappa shape index (κ2) is 8.39. The Morgan fingerprint density at radius 3 is 2.69 bits per heavy atom. The monoisotopic (exact) mass is 405 g/mol. The summed E-state index contributed by atoms with van der Waals surface area (Å²) >= 11 is 3.84. The highest BCUT2D eigenvalue weighted by Gasteiger charge is 2.13. The molecule has 3 aromatic rings. The lowest BCUT2D eigenvalue weighted by Gasteiger charge is -2.04. The molecule has 0 atom stereocenters. The van der Waals surface area contributed by atoms with Gasteiger partial charge in [-0.1, -0.05) is 29.2 Å². The van der Waals surface area contributed by atoms with Gasteiger partial charge in [-0.25, -0.2) is 4.98 Å². The minimum atomic E-state index is -0.234. The topological polar surface area (TPSA) is 96.9 Å². The average molecular weight is 406 g/mol. The summed E-state index contributed by atoms with van der Waals surface area (Å²) in [6, 6.07) is 5.52. The minimum Gasteiger partial charge on any atom is -0.301 e. The van der Waals surface area contributed by atoms with Crippen LogP contribution in [-0.2, 0) is 4.79 Å². The van der Waals surface area contributed by atoms with E-state index in [0.29, 0.717) is 20.2 Å². The lowest BCUT2D eigenvalue weighted by atomic mass is 10.1. The molecule has 0 saturated heterocycles. The van der Waals surface area contributed by atoms with Crippen molar-refractivity contribution in [2.24, 2.45) is 0 Å². The lowest BCUT2D eigenvalue weighted by Crippen LogP contribution is -2.13. The molecule has 0 bridgehead atoms. The van der Waals surface area contributed by atoms with Crippen LogP contribution in [0.1, 0.15) is 21.5 Å². The second-order valence-corrected chi connectivity index (χ2v) is 8.39. The smallest absolute Gasteiger partial charge is 0.257 e. The number of amides is 2. The van der Waals surface area contributed by atoms with Gasteiger partial charge in [0, 0.05) is 17.1 Å². The maximum absolute atomic E-state index is 12.3. The van der Waals surface area contributed by atoms with Crippen LogP contribution in [0.5, 0.6) is 0 Å². The molecule has 0 aliphatic carbocycles. The summed E-state index contributed by atoms with van der Waals surface area (Å²) in [4.78, 5) is 28.1. The highest BCUT2D eigenvalue weighted by atomic mass is 32.2. The predicted octanol–water partition coefficient (Wildman–Crippen LogP) is 3.59. The fraction of sp³-hybridized carbons (Fsp3) is 0.188. The molecule has 2 aromatic heterocycles. The molecule has 2 amide bonds. The van der Waals surface area contributed by atoms with Crippen molar-refractivity contribution in [3.05, 3.63) is 46.5 Å². The minimum absolute atomic E-state index is 0.166. The van der Waals surface area contributed by atoms with Gasteiger partial charge in [-0.3, -0.25) is 14.9 Å². The standard InChI is InChI=1S/C16H15N5O2S3/c1-9-3-4-11(7-10(9)2)13(23)19-15-20-21-16(26-15)25-8-12(22)18-14-17-5-6-24-14/h3-7H,8H2,1-2H3,(H,17,18,22)(H,19,20,23). The quantitative estimate of drug-likeness (QED) is 0.480. The van der Waals surface area contributed by atoms with Gasteiger partial charge >= 0.3 is 0 Å². The Kier molecular flexibility index (Phi) is 5.96. The summed E-state index contributed by atoms with van der Waals surface area (Å²) in [6.45, 7) is 3.96. The van der Waals surface area contributed by atoms with E-state index in [-0.39, 0.29) is 17.6 Å². The van der Waals surface area contributed by atoms with Crippen molar-refractivity contribution in [3.63, 3.8) is 0 Å². The number of carbonyl (C=O) groups excluding carboxylic acids is 2. The van der Waals surface area contributed by atoms with Crippen LogP contribution in [0.25, 0.3) is 0 Å². The fourth-order valence-electron chi connectivity index (χ4n) is 1.94. The fourth-order valence-corrected chi connectivity index (χ4v) is 4.03. The molecular formula is C16H15N5O2S3. The molecule has 10 heteroatoms. The molecule has 134 valence electrons. The van der Waals surface area contributed by atoms with E-state index >= 15 is 0 Å². The Labute approximate surface area is 162 Å². The van der Waals surface area contributed by atoms with Gasteiger partial charge in [0.25, 0.3) is 5.91 Å². The van der Waals surface area contributed by atoms with E-state index in [1.165, 1.54) is 34.4 Å². The van der Waals surface area contributed by atoms with Gasteiger partial charge in [0.1, 0.15) is 0 Å². The maximum Gasteiger partial charge on any atom is 0.257 e. The summed E-state index contributed by atoms with van der Waals surface area (Å²) in [6.07, 6.45) is 1.63. The number of thioether (sulfide) groups is 1. The summed E-state index contributed by atoms with van der Waals surface area (Å²) in [5.41, 5.74) is 2.75. The van der Waals surface area contributed by atoms with Crippen LogP contribution in [0.4, 0.5) is 10.3 Å². The number of nitrogens with one attached hydrogen (secondary N) is 2. The molecule has 0 saturated carbocycles. The van der Waals surface area contributed by atoms with Crippen molar-refractivity contribution in [1.82, 2.24) is 15.2 Å². The molecule has 26 heavy (non-hydrogen) atoms. The first-order valence-electron chi connectivity index (χ1n) is 7.55. The van der Waals surface area contributed by atoms with E-state index in [9.17, 15) is 9.59 Å². The Morgan fingerprint density at radius 2 is 1.96 bits per heavy atom. The molecule has 2 heterocycles. The van der Waals surface area contributed by atoms with Gasteiger partial charge in [-0.2, -0.15) is 0 Å². The van der Waals surface area contributed by atoms with Gasteiger partial charge in [0.2, 0.25) is 11.0 Å². The zero-order chi connectivity index (χ0) is 18.5. The van der Waals surface area contributed by atoms with Crippen LogP contribution in [0, 0.1) is 13.8 Å². The van der Waals surface area contributed by atoms with Crippen molar-refractivity contribution in [2.75, 3.05) is 16.4 Å². The number of nitrogens with zero attached hydrogens (tertiary/aromatic N) is 3. The molecular weight excluding hydrogens is 390 g/mol. The summed E-state index contributed by atoms with van der Waals surface area (Å²) in [7, 11) is 0. The molecule has 1 aromatic carbocycles. The van der Waals surface area contributed by atoms with Gasteiger partial charge in [-0.05, 0) is 37.1 Å². The molecule has 0 aliphatic heterocycles. The Hall–Kier alpha value is -2.30. The van der Waals surface area contributed by atoms with Gasteiger partial charge < -0.3 is 5.32 Å². The molecule has 0 fully saturated rings. The van der Waals surface area contributed by atoms with Crippen molar-refractivity contribution in [1.29, 1.82) is 0 Å². The highest BCUT2D eigenvalue weighted by Crippen LogP contribution is 2.26. The number of aromatic nitrogens is 3. The van der Waals surface area contributed by atoms with Crippen LogP contribution in [0.15, 0.2) is 34.1 Å². The predicted molar refractivity (Wildman–Crippen MR) is 105 cm³/mol. The Bertz CT molecular complexity index is 924. The zero-order valence-electron chi connectivity index (χ0n) is 14.0. The first-order chi connectivity index (χ1) is 12.5. The number of aryl methyl sites for hydroxylation is 2. The molecule has 0 spiro atoms. The van der Waals surface area contributed by atoms with Gasteiger partial charge in [0.05, 0.1) is 5.75 Å². The highest BCUT2D eigenvalue weighted by molar-refractivity contribution is 8.01. The number of carbonyl (C=O) groups is 2. The van der Waals surface area contributed by atoms with Crippen LogP contribution >= 0.6 is 34.4 Å². The molecule has 0 unspecified atom stereocenters. The van der Waals surface area contributed by atoms with Crippen molar-refractivity contribution in [2.45, 2.75) is 18.2 Å². The third-order valence-corrected chi connectivity index (χ3v) is 6.06. The first-order valence-corrected chi connectivity index (χ1v) is 10.2. The summed E-state index contributed by atoms with van der Waals surface area (Å²) in [5.74, 6) is -0.206. The number of thiazole rings is 1. The molecule has 2 N–H and O–H groups in total. The second-order valence-electron chi connectivity index (χ2n) is 5.30. The van der Waals surface area contributed by atoms with Crippen LogP contribution < -0.4 is 10.6 Å². The SMILES string of the molecule is Cc1ccc(C(=O)Nc2nnc(SCC(=O)Nc3nccs3)s2)cc1C. The number of benzene rings is 1. The lowest BCUT2D eigenvalue weighted by molar-refractivity contribution is -0.113. The third-order valence-electron chi connectivity index (χ3n) is 3.40. The average Bonchev–Trinajstić information content (AvgIpc) is 3.27. The van der Waals surface area contributed by atoms with Gasteiger partial charge in [-0.15, -0.1) is 21.5 Å². The molecule has 0 radical (unpaired) electrons. The summed E-state index contributed by atoms with van der Waals surface area (Å²) < 4.78 is 0.606. The van der Waals surface area contributed by atoms with Crippen molar-refractivity contribution >= 4 is 56.5 Å². The van der Waals surface area contributed by atoms with E-state index in [1.807, 2.05) is 26.0 Å². The number of anilines is 2. The van der Waals surface area contributed by atoms with Crippen LogP contribution in [0.2, 0.25) is 0 Å². The molecule has 3 rings (SSSR count). The number of rotatable bonds is 6. The van der Waals surface area contributed by atoms with Gasteiger partial charge in [0.15, 0.2) is 9.47 Å². The maximum atomic E-state index is 12.3. The number of hydrogen-bond acceptors (Lipinski definition) is 8. The molecule has 0 aliphatic rings.